The van der Waals surface area contributed by atoms with Crippen LogP contribution in [-0.4, -0.2) is 12.6 Å². The lowest BCUT2D eigenvalue weighted by atomic mass is 10.0. The van der Waals surface area contributed by atoms with Gasteiger partial charge in [-0.25, -0.2) is 0 Å². The summed E-state index contributed by atoms with van der Waals surface area (Å²) in [6, 6.07) is 0.509. The molecular formula is C10H21N. The number of hydrogen-bond donors (Lipinski definition) is 1. The maximum Gasteiger partial charge on any atom is 0.0249 e. The third-order valence-corrected chi connectivity index (χ3v) is 1.67. The Morgan fingerprint density at radius 2 is 2.09 bits per heavy atom. The number of hydrogen-bond acceptors (Lipinski definition) is 1. The molecule has 0 aromatic rings. The van der Waals surface area contributed by atoms with E-state index in [4.69, 9.17) is 0 Å². The van der Waals surface area contributed by atoms with Gasteiger partial charge in [0.15, 0.2) is 0 Å². The molecule has 0 saturated carbocycles. The predicted octanol–water partition coefficient (Wildman–Crippen LogP) is 2.59. The highest BCUT2D eigenvalue weighted by molar-refractivity contribution is 4.85. The Balaban J connectivity index is 3.49. The summed E-state index contributed by atoms with van der Waals surface area (Å²) in [6.45, 7) is 11.6. The van der Waals surface area contributed by atoms with Crippen molar-refractivity contribution >= 4 is 0 Å². The average Bonchev–Trinajstić information content (AvgIpc) is 1.97. The third kappa shape index (κ3) is 6.11. The largest absolute Gasteiger partial charge is 0.311 e. The van der Waals surface area contributed by atoms with Gasteiger partial charge in [-0.05, 0) is 25.3 Å². The zero-order chi connectivity index (χ0) is 8.69. The number of nitrogens with one attached hydrogen (secondary N) is 1. The van der Waals surface area contributed by atoms with E-state index in [1.807, 2.05) is 6.08 Å². The summed E-state index contributed by atoms with van der Waals surface area (Å²) in [6.07, 6.45) is 4.40. The smallest absolute Gasteiger partial charge is 0.0249 e. The van der Waals surface area contributed by atoms with E-state index in [1.54, 1.807) is 0 Å². The van der Waals surface area contributed by atoms with Gasteiger partial charge in [0.05, 0.1) is 0 Å². The first-order valence-corrected chi connectivity index (χ1v) is 4.56. The fourth-order valence-electron chi connectivity index (χ4n) is 1.10. The van der Waals surface area contributed by atoms with Crippen molar-refractivity contribution in [3.63, 3.8) is 0 Å². The molecule has 1 N–H and O–H groups in total. The van der Waals surface area contributed by atoms with E-state index in [0.29, 0.717) is 6.04 Å². The molecule has 0 saturated heterocycles. The molecule has 0 radical (unpaired) electrons. The van der Waals surface area contributed by atoms with Crippen molar-refractivity contribution in [1.82, 2.24) is 5.32 Å². The van der Waals surface area contributed by atoms with Gasteiger partial charge in [0, 0.05) is 6.04 Å². The van der Waals surface area contributed by atoms with Gasteiger partial charge in [-0.3, -0.25) is 0 Å². The summed E-state index contributed by atoms with van der Waals surface area (Å²) in [7, 11) is 0. The van der Waals surface area contributed by atoms with Crippen LogP contribution in [0, 0.1) is 5.92 Å². The molecule has 11 heavy (non-hydrogen) atoms. The molecule has 0 amide bonds. The lowest BCUT2D eigenvalue weighted by Gasteiger charge is -2.15. The SMILES string of the molecule is C=CC(CC(C)C)NCCC. The van der Waals surface area contributed by atoms with Crippen molar-refractivity contribution in [3.8, 4) is 0 Å². The molecule has 1 heteroatoms. The van der Waals surface area contributed by atoms with Crippen molar-refractivity contribution in [2.75, 3.05) is 6.54 Å². The Morgan fingerprint density at radius 1 is 1.45 bits per heavy atom. The summed E-state index contributed by atoms with van der Waals surface area (Å²) >= 11 is 0. The van der Waals surface area contributed by atoms with Crippen LogP contribution in [0.25, 0.3) is 0 Å². The molecule has 0 fully saturated rings. The minimum atomic E-state index is 0.509. The maximum atomic E-state index is 3.80. The van der Waals surface area contributed by atoms with E-state index < -0.39 is 0 Å². The van der Waals surface area contributed by atoms with Crippen LogP contribution >= 0.6 is 0 Å². The van der Waals surface area contributed by atoms with Crippen LogP contribution in [0.3, 0.4) is 0 Å². The van der Waals surface area contributed by atoms with Crippen LogP contribution in [0.5, 0.6) is 0 Å². The van der Waals surface area contributed by atoms with Gasteiger partial charge in [0.2, 0.25) is 0 Å². The van der Waals surface area contributed by atoms with E-state index in [0.717, 1.165) is 12.5 Å². The molecular weight excluding hydrogens is 134 g/mol. The van der Waals surface area contributed by atoms with Crippen LogP contribution in [0.2, 0.25) is 0 Å². The molecule has 0 bridgehead atoms. The summed E-state index contributed by atoms with van der Waals surface area (Å²) in [5.74, 6) is 0.752. The second-order valence-corrected chi connectivity index (χ2v) is 3.43. The Kier molecular flexibility index (Phi) is 6.24. The molecule has 1 atom stereocenters. The Bertz CT molecular complexity index is 97.0. The monoisotopic (exact) mass is 155 g/mol. The normalized spacial score (nSPS) is 13.5. The minimum absolute atomic E-state index is 0.509. The van der Waals surface area contributed by atoms with Gasteiger partial charge in [-0.1, -0.05) is 26.8 Å². The Morgan fingerprint density at radius 3 is 2.45 bits per heavy atom. The summed E-state index contributed by atoms with van der Waals surface area (Å²) in [4.78, 5) is 0. The molecule has 1 nitrogen and oxygen atoms in total. The number of rotatable bonds is 6. The zero-order valence-corrected chi connectivity index (χ0v) is 8.06. The van der Waals surface area contributed by atoms with Gasteiger partial charge >= 0.3 is 0 Å². The summed E-state index contributed by atoms with van der Waals surface area (Å²) < 4.78 is 0. The van der Waals surface area contributed by atoms with Crippen LogP contribution in [0.1, 0.15) is 33.6 Å². The molecule has 0 aliphatic rings. The lowest BCUT2D eigenvalue weighted by Crippen LogP contribution is -2.28. The zero-order valence-electron chi connectivity index (χ0n) is 8.06. The Hall–Kier alpha value is -0.300. The fourth-order valence-corrected chi connectivity index (χ4v) is 1.10. The maximum absolute atomic E-state index is 3.80. The van der Waals surface area contributed by atoms with Crippen LogP contribution in [-0.2, 0) is 0 Å². The molecule has 0 aromatic heterocycles. The first kappa shape index (κ1) is 10.7. The quantitative estimate of drug-likeness (QED) is 0.581. The highest BCUT2D eigenvalue weighted by atomic mass is 14.9. The molecule has 0 spiro atoms. The van der Waals surface area contributed by atoms with E-state index >= 15 is 0 Å². The molecule has 0 aromatic carbocycles. The van der Waals surface area contributed by atoms with Crippen LogP contribution in [0.15, 0.2) is 12.7 Å². The van der Waals surface area contributed by atoms with E-state index in [-0.39, 0.29) is 0 Å². The van der Waals surface area contributed by atoms with Crippen LogP contribution < -0.4 is 5.32 Å². The highest BCUT2D eigenvalue weighted by Crippen LogP contribution is 2.04. The second-order valence-electron chi connectivity index (χ2n) is 3.43. The first-order valence-electron chi connectivity index (χ1n) is 4.56. The van der Waals surface area contributed by atoms with E-state index in [1.165, 1.54) is 12.8 Å². The van der Waals surface area contributed by atoms with Gasteiger partial charge in [0.1, 0.15) is 0 Å². The van der Waals surface area contributed by atoms with Gasteiger partial charge in [-0.15, -0.1) is 6.58 Å². The highest BCUT2D eigenvalue weighted by Gasteiger charge is 2.04. The summed E-state index contributed by atoms with van der Waals surface area (Å²) in [5.41, 5.74) is 0. The van der Waals surface area contributed by atoms with Gasteiger partial charge < -0.3 is 5.32 Å². The minimum Gasteiger partial charge on any atom is -0.311 e. The average molecular weight is 155 g/mol. The topological polar surface area (TPSA) is 12.0 Å². The van der Waals surface area contributed by atoms with Gasteiger partial charge in [0.25, 0.3) is 0 Å². The van der Waals surface area contributed by atoms with Gasteiger partial charge in [-0.2, -0.15) is 0 Å². The lowest BCUT2D eigenvalue weighted by molar-refractivity contribution is 0.473. The molecule has 0 aliphatic carbocycles. The molecule has 1 unspecified atom stereocenters. The van der Waals surface area contributed by atoms with Crippen molar-refractivity contribution in [3.05, 3.63) is 12.7 Å². The molecule has 66 valence electrons. The fraction of sp³-hybridized carbons (Fsp3) is 0.800. The van der Waals surface area contributed by atoms with Crippen molar-refractivity contribution in [1.29, 1.82) is 0 Å². The van der Waals surface area contributed by atoms with Crippen molar-refractivity contribution < 1.29 is 0 Å². The van der Waals surface area contributed by atoms with Crippen molar-refractivity contribution in [2.24, 2.45) is 5.92 Å². The molecule has 0 heterocycles. The van der Waals surface area contributed by atoms with Crippen molar-refractivity contribution in [2.45, 2.75) is 39.7 Å². The molecule has 0 aliphatic heterocycles. The first-order chi connectivity index (χ1) is 5.20. The second kappa shape index (κ2) is 6.41. The predicted molar refractivity (Wildman–Crippen MR) is 51.7 cm³/mol. The Labute approximate surface area is 70.9 Å². The molecule has 0 rings (SSSR count). The third-order valence-electron chi connectivity index (χ3n) is 1.67. The standard InChI is InChI=1S/C10H21N/c1-5-7-11-10(6-2)8-9(3)4/h6,9-11H,2,5,7-8H2,1,3-4H3. The van der Waals surface area contributed by atoms with E-state index in [9.17, 15) is 0 Å². The van der Waals surface area contributed by atoms with E-state index in [2.05, 4.69) is 32.7 Å². The summed E-state index contributed by atoms with van der Waals surface area (Å²) in [5, 5.41) is 3.43. The van der Waals surface area contributed by atoms with Crippen LogP contribution in [0.4, 0.5) is 0 Å².